The van der Waals surface area contributed by atoms with Crippen molar-refractivity contribution in [3.05, 3.63) is 76.9 Å². The van der Waals surface area contributed by atoms with Crippen molar-refractivity contribution in [1.29, 1.82) is 0 Å². The van der Waals surface area contributed by atoms with Crippen LogP contribution in [0.2, 0.25) is 0 Å². The molecule has 192 valence electrons. The number of hydrogen-bond donors (Lipinski definition) is 4. The van der Waals surface area contributed by atoms with Crippen LogP contribution in [-0.2, 0) is 19.9 Å². The summed E-state index contributed by atoms with van der Waals surface area (Å²) in [6, 6.07) is 14.3. The Balaban J connectivity index is 1.29. The van der Waals surface area contributed by atoms with E-state index in [1.165, 1.54) is 29.2 Å². The molecule has 1 fully saturated rings. The predicted octanol–water partition coefficient (Wildman–Crippen LogP) is 3.10. The maximum Gasteiger partial charge on any atom is 0.340 e. The lowest BCUT2D eigenvalue weighted by atomic mass is 9.77. The quantitative estimate of drug-likeness (QED) is 0.226. The number of nitrogens with zero attached hydrogens (tertiary/aromatic N) is 1. The van der Waals surface area contributed by atoms with Crippen molar-refractivity contribution in [3.8, 4) is 23.0 Å². The normalized spacial score (nSPS) is 16.4. The van der Waals surface area contributed by atoms with Gasteiger partial charge in [0.25, 0.3) is 0 Å². The van der Waals surface area contributed by atoms with Crippen LogP contribution >= 0.6 is 12.2 Å². The van der Waals surface area contributed by atoms with E-state index in [9.17, 15) is 24.6 Å². The molecule has 4 N–H and O–H groups in total. The minimum atomic E-state index is -1.34. The Labute approximate surface area is 221 Å². The number of carbonyl (C=O) groups excluding carboxylic acids is 3. The Bertz CT molecular complexity index is 1490. The molecule has 11 heteroatoms. The highest BCUT2D eigenvalue weighted by molar-refractivity contribution is 7.80. The van der Waals surface area contributed by atoms with Gasteiger partial charge in [0.05, 0.1) is 5.56 Å². The predicted molar refractivity (Wildman–Crippen MR) is 138 cm³/mol. The smallest absolute Gasteiger partial charge is 0.340 e. The molecule has 3 aliphatic rings. The van der Waals surface area contributed by atoms with E-state index >= 15 is 0 Å². The van der Waals surface area contributed by atoms with Crippen LogP contribution in [0.15, 0.2) is 54.6 Å². The van der Waals surface area contributed by atoms with Crippen molar-refractivity contribution in [1.82, 2.24) is 10.2 Å². The van der Waals surface area contributed by atoms with Gasteiger partial charge in [-0.15, -0.1) is 0 Å². The van der Waals surface area contributed by atoms with Crippen molar-refractivity contribution in [2.45, 2.75) is 18.4 Å². The SMILES string of the molecule is O=C1OC2(c3ccc(O)cc3Oc3cc(O)ccc32)c2ccc(NC(=S)NCCN3C(=O)CCC3=O)cc21. The van der Waals surface area contributed by atoms with Crippen molar-refractivity contribution in [2.24, 2.45) is 0 Å². The Morgan fingerprint density at radius 1 is 0.895 bits per heavy atom. The third-order valence-electron chi connectivity index (χ3n) is 6.81. The number of fused-ring (bicyclic) bond motifs is 6. The number of aromatic hydroxyl groups is 2. The van der Waals surface area contributed by atoms with Crippen LogP contribution in [0.3, 0.4) is 0 Å². The maximum absolute atomic E-state index is 13.2. The molecule has 2 amide bonds. The van der Waals surface area contributed by atoms with Crippen LogP contribution in [0.4, 0.5) is 5.69 Å². The van der Waals surface area contributed by atoms with E-state index in [1.54, 1.807) is 30.3 Å². The number of carbonyl (C=O) groups is 3. The number of esters is 1. The van der Waals surface area contributed by atoms with Crippen LogP contribution in [0, 0.1) is 0 Å². The van der Waals surface area contributed by atoms with E-state index in [2.05, 4.69) is 10.6 Å². The molecule has 3 heterocycles. The number of phenolic OH excluding ortho intramolecular Hbond substituents is 2. The summed E-state index contributed by atoms with van der Waals surface area (Å²) in [5.41, 5.74) is 1.13. The first-order chi connectivity index (χ1) is 18.3. The highest BCUT2D eigenvalue weighted by Crippen LogP contribution is 2.57. The fourth-order valence-corrected chi connectivity index (χ4v) is 5.33. The van der Waals surface area contributed by atoms with Gasteiger partial charge in [-0.2, -0.15) is 0 Å². The molecular weight excluding hydrogens is 510 g/mol. The van der Waals surface area contributed by atoms with Crippen LogP contribution in [0.25, 0.3) is 0 Å². The summed E-state index contributed by atoms with van der Waals surface area (Å²) < 4.78 is 12.0. The van der Waals surface area contributed by atoms with Gasteiger partial charge < -0.3 is 30.3 Å². The molecular formula is C27H21N3O7S. The van der Waals surface area contributed by atoms with Crippen molar-refractivity contribution in [2.75, 3.05) is 18.4 Å². The topological polar surface area (TPSA) is 137 Å². The zero-order chi connectivity index (χ0) is 26.6. The van der Waals surface area contributed by atoms with Gasteiger partial charge in [0.15, 0.2) is 10.7 Å². The summed E-state index contributed by atoms with van der Waals surface area (Å²) >= 11 is 5.35. The molecule has 1 spiro atoms. The molecule has 6 rings (SSSR count). The number of anilines is 1. The summed E-state index contributed by atoms with van der Waals surface area (Å²) in [5, 5.41) is 26.3. The number of benzene rings is 3. The number of hydrogen-bond acceptors (Lipinski definition) is 8. The number of phenols is 2. The van der Waals surface area contributed by atoms with Gasteiger partial charge in [0.2, 0.25) is 11.8 Å². The van der Waals surface area contributed by atoms with E-state index < -0.39 is 11.6 Å². The maximum atomic E-state index is 13.2. The lowest BCUT2D eigenvalue weighted by molar-refractivity contribution is -0.138. The van der Waals surface area contributed by atoms with Crippen LogP contribution in [0.5, 0.6) is 23.0 Å². The lowest BCUT2D eigenvalue weighted by Gasteiger charge is -2.36. The highest BCUT2D eigenvalue weighted by Gasteiger charge is 2.53. The Morgan fingerprint density at radius 3 is 2.13 bits per heavy atom. The largest absolute Gasteiger partial charge is 0.508 e. The van der Waals surface area contributed by atoms with Crippen molar-refractivity contribution < 1.29 is 34.1 Å². The van der Waals surface area contributed by atoms with E-state index in [0.29, 0.717) is 39.4 Å². The number of nitrogens with one attached hydrogen (secondary N) is 2. The standard InChI is InChI=1S/C27H21N3O7S/c31-15-2-5-19-21(12-15)36-22-13-16(32)3-6-20(22)27(19)18-4-1-14(11-17(18)25(35)37-27)29-26(38)28-9-10-30-23(33)7-8-24(30)34/h1-6,11-13,31-32H,7-10H2,(H2,28,29,38). The molecule has 0 atom stereocenters. The van der Waals surface area contributed by atoms with E-state index in [0.717, 1.165) is 0 Å². The molecule has 0 aliphatic carbocycles. The second kappa shape index (κ2) is 8.73. The monoisotopic (exact) mass is 531 g/mol. The molecule has 0 bridgehead atoms. The first-order valence-electron chi connectivity index (χ1n) is 11.9. The third kappa shape index (κ3) is 3.70. The van der Waals surface area contributed by atoms with E-state index in [-0.39, 0.29) is 54.4 Å². The van der Waals surface area contributed by atoms with Crippen LogP contribution in [0.1, 0.15) is 39.9 Å². The first-order valence-corrected chi connectivity index (χ1v) is 12.3. The second-order valence-corrected chi connectivity index (χ2v) is 9.52. The first kappa shape index (κ1) is 23.7. The van der Waals surface area contributed by atoms with E-state index in [4.69, 9.17) is 21.7 Å². The molecule has 0 aromatic heterocycles. The molecule has 10 nitrogen and oxygen atoms in total. The Morgan fingerprint density at radius 2 is 1.50 bits per heavy atom. The average Bonchev–Trinajstić information content (AvgIpc) is 3.35. The Hall–Kier alpha value is -4.64. The molecule has 0 unspecified atom stereocenters. The number of imide groups is 1. The number of ether oxygens (including phenoxy) is 2. The molecule has 1 saturated heterocycles. The van der Waals surface area contributed by atoms with Crippen LogP contribution in [-0.4, -0.2) is 51.1 Å². The molecule has 0 saturated carbocycles. The molecule has 0 radical (unpaired) electrons. The molecule has 38 heavy (non-hydrogen) atoms. The number of likely N-dealkylation sites (tertiary alicyclic amines) is 1. The van der Waals surface area contributed by atoms with Gasteiger partial charge in [0, 0.05) is 60.4 Å². The number of rotatable bonds is 4. The lowest BCUT2D eigenvalue weighted by Crippen LogP contribution is -2.39. The summed E-state index contributed by atoms with van der Waals surface area (Å²) in [5.74, 6) is -0.393. The minimum absolute atomic E-state index is 0.0222. The summed E-state index contributed by atoms with van der Waals surface area (Å²) in [6.07, 6.45) is 0.468. The number of thiocarbonyl (C=S) groups is 1. The van der Waals surface area contributed by atoms with E-state index in [1.807, 2.05) is 0 Å². The summed E-state index contributed by atoms with van der Waals surface area (Å²) in [6.45, 7) is 0.497. The zero-order valence-electron chi connectivity index (χ0n) is 19.8. The summed E-state index contributed by atoms with van der Waals surface area (Å²) in [4.78, 5) is 37.9. The highest BCUT2D eigenvalue weighted by atomic mass is 32.1. The second-order valence-electron chi connectivity index (χ2n) is 9.11. The van der Waals surface area contributed by atoms with Gasteiger partial charge in [0.1, 0.15) is 23.0 Å². The molecule has 3 aliphatic heterocycles. The van der Waals surface area contributed by atoms with Crippen molar-refractivity contribution >= 4 is 40.8 Å². The third-order valence-corrected chi connectivity index (χ3v) is 7.05. The van der Waals surface area contributed by atoms with Crippen LogP contribution < -0.4 is 15.4 Å². The molecule has 3 aromatic rings. The molecule has 3 aromatic carbocycles. The van der Waals surface area contributed by atoms with Crippen molar-refractivity contribution in [3.63, 3.8) is 0 Å². The van der Waals surface area contributed by atoms with Gasteiger partial charge in [-0.25, -0.2) is 4.79 Å². The van der Waals surface area contributed by atoms with Gasteiger partial charge in [-0.05, 0) is 48.6 Å². The van der Waals surface area contributed by atoms with Gasteiger partial charge in [-0.3, -0.25) is 14.5 Å². The number of amides is 2. The minimum Gasteiger partial charge on any atom is -0.508 e. The fraction of sp³-hybridized carbons (Fsp3) is 0.185. The van der Waals surface area contributed by atoms with Gasteiger partial charge in [-0.1, -0.05) is 6.07 Å². The zero-order valence-corrected chi connectivity index (χ0v) is 20.6. The van der Waals surface area contributed by atoms with Gasteiger partial charge >= 0.3 is 5.97 Å². The fourth-order valence-electron chi connectivity index (χ4n) is 5.11. The summed E-state index contributed by atoms with van der Waals surface area (Å²) in [7, 11) is 0. The average molecular weight is 532 g/mol. The Kier molecular flexibility index (Phi) is 5.46.